The van der Waals surface area contributed by atoms with E-state index in [-0.39, 0.29) is 11.9 Å². The standard InChI is InChI=1S/C17H24O5/c1-12(18)9-15(20-2)11-14(19)7-5-13-6-8-16(21-3)17(10-13)22-4/h5-8,10,14-15,19H,9,11H2,1-4H3/b7-5+. The first-order valence-electron chi connectivity index (χ1n) is 7.10. The molecule has 0 aliphatic heterocycles. The second-order valence-corrected chi connectivity index (χ2v) is 5.04. The van der Waals surface area contributed by atoms with Crippen LogP contribution in [0, 0.1) is 0 Å². The van der Waals surface area contributed by atoms with Crippen molar-refractivity contribution in [1.29, 1.82) is 0 Å². The molecule has 0 amide bonds. The lowest BCUT2D eigenvalue weighted by molar-refractivity contribution is -0.119. The summed E-state index contributed by atoms with van der Waals surface area (Å²) in [5, 5.41) is 10.0. The molecular formula is C17H24O5. The summed E-state index contributed by atoms with van der Waals surface area (Å²) in [6, 6.07) is 5.50. The summed E-state index contributed by atoms with van der Waals surface area (Å²) in [5.41, 5.74) is 0.886. The Bertz CT molecular complexity index is 510. The number of methoxy groups -OCH3 is 3. The Morgan fingerprint density at radius 1 is 1.23 bits per heavy atom. The highest BCUT2D eigenvalue weighted by atomic mass is 16.5. The predicted molar refractivity (Wildman–Crippen MR) is 85.3 cm³/mol. The van der Waals surface area contributed by atoms with Gasteiger partial charge < -0.3 is 19.3 Å². The molecule has 0 saturated heterocycles. The van der Waals surface area contributed by atoms with Gasteiger partial charge in [-0.2, -0.15) is 0 Å². The van der Waals surface area contributed by atoms with E-state index >= 15 is 0 Å². The van der Waals surface area contributed by atoms with Crippen LogP contribution < -0.4 is 9.47 Å². The number of benzene rings is 1. The van der Waals surface area contributed by atoms with E-state index in [1.807, 2.05) is 12.1 Å². The van der Waals surface area contributed by atoms with Crippen LogP contribution in [0.15, 0.2) is 24.3 Å². The van der Waals surface area contributed by atoms with Gasteiger partial charge in [-0.15, -0.1) is 0 Å². The van der Waals surface area contributed by atoms with Gasteiger partial charge in [0.1, 0.15) is 5.78 Å². The molecule has 0 fully saturated rings. The highest BCUT2D eigenvalue weighted by Gasteiger charge is 2.14. The van der Waals surface area contributed by atoms with Crippen LogP contribution in [0.3, 0.4) is 0 Å². The SMILES string of the molecule is COc1ccc(/C=C/C(O)CC(CC(C)=O)OC)cc1OC. The van der Waals surface area contributed by atoms with Crippen LogP contribution >= 0.6 is 0 Å². The maximum absolute atomic E-state index is 11.1. The van der Waals surface area contributed by atoms with Crippen LogP contribution in [-0.4, -0.2) is 44.4 Å². The number of carbonyl (C=O) groups is 1. The summed E-state index contributed by atoms with van der Waals surface area (Å²) < 4.78 is 15.6. The molecule has 0 aliphatic rings. The van der Waals surface area contributed by atoms with E-state index in [9.17, 15) is 9.90 Å². The Morgan fingerprint density at radius 2 is 1.91 bits per heavy atom. The molecule has 0 bridgehead atoms. The first kappa shape index (κ1) is 18.2. The first-order valence-corrected chi connectivity index (χ1v) is 7.10. The zero-order valence-corrected chi connectivity index (χ0v) is 13.5. The maximum Gasteiger partial charge on any atom is 0.161 e. The van der Waals surface area contributed by atoms with Gasteiger partial charge in [0.2, 0.25) is 0 Å². The molecule has 1 N–H and O–H groups in total. The van der Waals surface area contributed by atoms with Crippen molar-refractivity contribution in [1.82, 2.24) is 0 Å². The van der Waals surface area contributed by atoms with Crippen LogP contribution in [0.2, 0.25) is 0 Å². The molecular weight excluding hydrogens is 284 g/mol. The lowest BCUT2D eigenvalue weighted by Gasteiger charge is -2.15. The van der Waals surface area contributed by atoms with Gasteiger partial charge in [0, 0.05) is 20.0 Å². The molecule has 0 saturated carbocycles. The number of ether oxygens (including phenoxy) is 3. The van der Waals surface area contributed by atoms with E-state index in [1.54, 1.807) is 39.5 Å². The van der Waals surface area contributed by atoms with Crippen LogP contribution in [0.4, 0.5) is 0 Å². The number of aliphatic hydroxyl groups excluding tert-OH is 1. The number of hydrogen-bond donors (Lipinski definition) is 1. The number of aliphatic hydroxyl groups is 1. The molecule has 2 atom stereocenters. The average Bonchev–Trinajstić information content (AvgIpc) is 2.51. The van der Waals surface area contributed by atoms with Crippen molar-refractivity contribution < 1.29 is 24.1 Å². The third kappa shape index (κ3) is 5.87. The molecule has 0 radical (unpaired) electrons. The van der Waals surface area contributed by atoms with Crippen molar-refractivity contribution in [2.24, 2.45) is 0 Å². The number of ketones is 1. The van der Waals surface area contributed by atoms with Gasteiger partial charge in [0.25, 0.3) is 0 Å². The Balaban J connectivity index is 2.68. The van der Waals surface area contributed by atoms with E-state index < -0.39 is 6.10 Å². The quantitative estimate of drug-likeness (QED) is 0.759. The molecule has 122 valence electrons. The Kier molecular flexibility index (Phi) is 7.63. The van der Waals surface area contributed by atoms with Gasteiger partial charge in [0.05, 0.1) is 26.4 Å². The molecule has 1 aromatic rings. The van der Waals surface area contributed by atoms with Crippen molar-refractivity contribution in [3.8, 4) is 11.5 Å². The Hall–Kier alpha value is -1.85. The van der Waals surface area contributed by atoms with E-state index in [0.717, 1.165) is 5.56 Å². The number of rotatable bonds is 9. The van der Waals surface area contributed by atoms with E-state index in [2.05, 4.69) is 0 Å². The van der Waals surface area contributed by atoms with Crippen molar-refractivity contribution in [2.75, 3.05) is 21.3 Å². The van der Waals surface area contributed by atoms with Crippen LogP contribution in [0.5, 0.6) is 11.5 Å². The summed E-state index contributed by atoms with van der Waals surface area (Å²) in [7, 11) is 4.69. The molecule has 2 unspecified atom stereocenters. The molecule has 1 rings (SSSR count). The molecule has 0 heterocycles. The largest absolute Gasteiger partial charge is 0.493 e. The third-order valence-electron chi connectivity index (χ3n) is 3.27. The zero-order valence-electron chi connectivity index (χ0n) is 13.5. The molecule has 5 nitrogen and oxygen atoms in total. The minimum absolute atomic E-state index is 0.0444. The number of Topliss-reactive ketones (excluding diaryl/α,β-unsaturated/α-hetero) is 1. The predicted octanol–water partition coefficient (Wildman–Crippen LogP) is 2.46. The Labute approximate surface area is 131 Å². The summed E-state index contributed by atoms with van der Waals surface area (Å²) in [4.78, 5) is 11.1. The normalized spacial score (nSPS) is 13.9. The smallest absolute Gasteiger partial charge is 0.161 e. The lowest BCUT2D eigenvalue weighted by atomic mass is 10.1. The van der Waals surface area contributed by atoms with Gasteiger partial charge in [-0.1, -0.05) is 18.2 Å². The third-order valence-corrected chi connectivity index (χ3v) is 3.27. The summed E-state index contributed by atoms with van der Waals surface area (Å²) in [6.07, 6.45) is 3.19. The van der Waals surface area contributed by atoms with Crippen molar-refractivity contribution in [3.05, 3.63) is 29.8 Å². The monoisotopic (exact) mass is 308 g/mol. The van der Waals surface area contributed by atoms with Gasteiger partial charge in [-0.05, 0) is 24.6 Å². The van der Waals surface area contributed by atoms with Crippen LogP contribution in [0.25, 0.3) is 6.08 Å². The fourth-order valence-electron chi connectivity index (χ4n) is 2.11. The zero-order chi connectivity index (χ0) is 16.5. The average molecular weight is 308 g/mol. The molecule has 1 aromatic carbocycles. The second kappa shape index (κ2) is 9.23. The van der Waals surface area contributed by atoms with Crippen molar-refractivity contribution in [3.63, 3.8) is 0 Å². The van der Waals surface area contributed by atoms with Gasteiger partial charge >= 0.3 is 0 Å². The van der Waals surface area contributed by atoms with Crippen molar-refractivity contribution >= 4 is 11.9 Å². The van der Waals surface area contributed by atoms with E-state index in [4.69, 9.17) is 14.2 Å². The summed E-state index contributed by atoms with van der Waals surface area (Å²) in [5.74, 6) is 1.33. The number of hydrogen-bond acceptors (Lipinski definition) is 5. The van der Waals surface area contributed by atoms with Crippen LogP contribution in [0.1, 0.15) is 25.3 Å². The second-order valence-electron chi connectivity index (χ2n) is 5.04. The first-order chi connectivity index (χ1) is 10.5. The fourth-order valence-corrected chi connectivity index (χ4v) is 2.11. The van der Waals surface area contributed by atoms with Gasteiger partial charge in [0.15, 0.2) is 11.5 Å². The van der Waals surface area contributed by atoms with Crippen molar-refractivity contribution in [2.45, 2.75) is 32.0 Å². The van der Waals surface area contributed by atoms with E-state index in [1.165, 1.54) is 6.92 Å². The molecule has 5 heteroatoms. The summed E-state index contributed by atoms with van der Waals surface area (Å²) >= 11 is 0. The van der Waals surface area contributed by atoms with Crippen LogP contribution in [-0.2, 0) is 9.53 Å². The minimum Gasteiger partial charge on any atom is -0.493 e. The molecule has 0 aliphatic carbocycles. The molecule has 22 heavy (non-hydrogen) atoms. The topological polar surface area (TPSA) is 65.0 Å². The minimum atomic E-state index is -0.683. The fraction of sp³-hybridized carbons (Fsp3) is 0.471. The van der Waals surface area contributed by atoms with Gasteiger partial charge in [-0.3, -0.25) is 4.79 Å². The molecule has 0 aromatic heterocycles. The van der Waals surface area contributed by atoms with Gasteiger partial charge in [-0.25, -0.2) is 0 Å². The number of carbonyl (C=O) groups excluding carboxylic acids is 1. The lowest BCUT2D eigenvalue weighted by Crippen LogP contribution is -2.20. The molecule has 0 spiro atoms. The van der Waals surface area contributed by atoms with E-state index in [0.29, 0.717) is 24.3 Å². The summed E-state index contributed by atoms with van der Waals surface area (Å²) in [6.45, 7) is 1.51. The highest BCUT2D eigenvalue weighted by Crippen LogP contribution is 2.28. The maximum atomic E-state index is 11.1. The highest BCUT2D eigenvalue weighted by molar-refractivity contribution is 5.76. The Morgan fingerprint density at radius 3 is 2.45 bits per heavy atom.